The van der Waals surface area contributed by atoms with Crippen LogP contribution < -0.4 is 10.2 Å². The fourth-order valence-corrected chi connectivity index (χ4v) is 3.27. The summed E-state index contributed by atoms with van der Waals surface area (Å²) in [7, 11) is -0.648. The lowest BCUT2D eigenvalue weighted by Crippen LogP contribution is -2.45. The molecule has 1 heterocycles. The quantitative estimate of drug-likeness (QED) is 0.614. The summed E-state index contributed by atoms with van der Waals surface area (Å²) in [6, 6.07) is 3.82. The zero-order valence-corrected chi connectivity index (χ0v) is 17.5. The van der Waals surface area contributed by atoms with Crippen LogP contribution in [-0.2, 0) is 20.7 Å². The van der Waals surface area contributed by atoms with E-state index in [4.69, 9.17) is 9.31 Å². The Morgan fingerprint density at radius 1 is 1.00 bits per heavy atom. The van der Waals surface area contributed by atoms with Crippen molar-refractivity contribution in [2.24, 2.45) is 0 Å². The van der Waals surface area contributed by atoms with Crippen LogP contribution in [0.4, 0.5) is 13.2 Å². The molecule has 2 atom stereocenters. The summed E-state index contributed by atoms with van der Waals surface area (Å²) >= 11 is -1.86. The first-order valence-corrected chi connectivity index (χ1v) is 9.90. The Hall–Kier alpha value is -0.735. The SMILES string of the molecule is CC(C)(C)[S@+]([O-])NC(c1ccc(B2OC(C)(C)C(C)(C)O2)cc1)C(F)(F)F. The second-order valence-corrected chi connectivity index (χ2v) is 10.7. The van der Waals surface area contributed by atoms with Crippen LogP contribution in [0.25, 0.3) is 0 Å². The highest BCUT2D eigenvalue weighted by Gasteiger charge is 2.52. The van der Waals surface area contributed by atoms with Crippen molar-refractivity contribution < 1.29 is 27.0 Å². The zero-order chi connectivity index (χ0) is 20.8. The molecule has 1 fully saturated rings. The molecule has 1 saturated heterocycles. The number of halogens is 3. The van der Waals surface area contributed by atoms with Crippen molar-refractivity contribution in [3.8, 4) is 0 Å². The third kappa shape index (κ3) is 5.01. The Balaban J connectivity index is 2.23. The molecule has 1 aliphatic rings. The van der Waals surface area contributed by atoms with Crippen LogP contribution in [0.3, 0.4) is 0 Å². The van der Waals surface area contributed by atoms with Crippen LogP contribution in [0.1, 0.15) is 60.1 Å². The molecule has 0 amide bonds. The number of nitrogens with one attached hydrogen (secondary N) is 1. The van der Waals surface area contributed by atoms with Gasteiger partial charge in [-0.2, -0.15) is 13.2 Å². The van der Waals surface area contributed by atoms with Gasteiger partial charge in [-0.1, -0.05) is 24.3 Å². The van der Waals surface area contributed by atoms with E-state index in [1.807, 2.05) is 27.7 Å². The Bertz CT molecular complexity index is 643. The van der Waals surface area contributed by atoms with Gasteiger partial charge in [0.05, 0.1) is 11.2 Å². The number of hydrogen-bond acceptors (Lipinski definition) is 4. The van der Waals surface area contributed by atoms with Crippen LogP contribution in [0.15, 0.2) is 24.3 Å². The van der Waals surface area contributed by atoms with Crippen LogP contribution in [-0.4, -0.2) is 33.8 Å². The van der Waals surface area contributed by atoms with Gasteiger partial charge >= 0.3 is 13.3 Å². The molecule has 1 aromatic carbocycles. The maximum absolute atomic E-state index is 13.5. The van der Waals surface area contributed by atoms with E-state index in [1.54, 1.807) is 32.9 Å². The van der Waals surface area contributed by atoms with E-state index in [2.05, 4.69) is 4.72 Å². The molecule has 0 bridgehead atoms. The summed E-state index contributed by atoms with van der Waals surface area (Å²) in [4.78, 5) is 0. The molecular weight excluding hydrogens is 378 g/mol. The third-order valence-corrected chi connectivity index (χ3v) is 6.47. The van der Waals surface area contributed by atoms with Crippen LogP contribution in [0.2, 0.25) is 0 Å². The molecule has 1 aromatic rings. The number of benzene rings is 1. The van der Waals surface area contributed by atoms with Gasteiger partial charge in [0.1, 0.15) is 4.75 Å². The van der Waals surface area contributed by atoms with Crippen LogP contribution >= 0.6 is 0 Å². The van der Waals surface area contributed by atoms with E-state index in [1.165, 1.54) is 12.1 Å². The minimum Gasteiger partial charge on any atom is -0.598 e. The van der Waals surface area contributed by atoms with E-state index in [9.17, 15) is 17.7 Å². The maximum atomic E-state index is 13.5. The lowest BCUT2D eigenvalue weighted by Gasteiger charge is -2.32. The van der Waals surface area contributed by atoms with Gasteiger partial charge in [-0.3, -0.25) is 0 Å². The van der Waals surface area contributed by atoms with E-state index in [0.717, 1.165) is 0 Å². The van der Waals surface area contributed by atoms with Gasteiger partial charge in [0, 0.05) is 11.4 Å². The molecule has 0 saturated carbocycles. The van der Waals surface area contributed by atoms with Crippen molar-refractivity contribution in [3.05, 3.63) is 29.8 Å². The van der Waals surface area contributed by atoms with Crippen molar-refractivity contribution in [1.29, 1.82) is 0 Å². The summed E-state index contributed by atoms with van der Waals surface area (Å²) in [5, 5.41) is 0. The average Bonchev–Trinajstić information content (AvgIpc) is 2.71. The van der Waals surface area contributed by atoms with Gasteiger partial charge < -0.3 is 13.9 Å². The maximum Gasteiger partial charge on any atom is 0.494 e. The Kier molecular flexibility index (Phi) is 6.06. The first-order valence-electron chi connectivity index (χ1n) is 8.75. The molecule has 0 radical (unpaired) electrons. The Morgan fingerprint density at radius 2 is 1.44 bits per heavy atom. The molecule has 0 aliphatic carbocycles. The highest BCUT2D eigenvalue weighted by Crippen LogP contribution is 2.37. The Labute approximate surface area is 162 Å². The van der Waals surface area contributed by atoms with Crippen molar-refractivity contribution in [2.75, 3.05) is 0 Å². The van der Waals surface area contributed by atoms with Crippen molar-refractivity contribution in [2.45, 2.75) is 76.6 Å². The second kappa shape index (κ2) is 7.26. The first kappa shape index (κ1) is 22.6. The van der Waals surface area contributed by atoms with Gasteiger partial charge in [0.2, 0.25) is 0 Å². The molecule has 152 valence electrons. The van der Waals surface area contributed by atoms with Crippen molar-refractivity contribution in [3.63, 3.8) is 0 Å². The van der Waals surface area contributed by atoms with Crippen molar-refractivity contribution in [1.82, 2.24) is 4.72 Å². The fourth-order valence-electron chi connectivity index (χ4n) is 2.43. The van der Waals surface area contributed by atoms with Gasteiger partial charge in [-0.25, -0.2) is 0 Å². The average molecular weight is 405 g/mol. The largest absolute Gasteiger partial charge is 0.598 e. The third-order valence-electron chi connectivity index (χ3n) is 4.90. The standard InChI is InChI=1S/C18H27BF3NO3S/c1-15(2,3)27(24)23-14(18(20,21)22)12-8-10-13(11-9-12)19-25-16(4,5)17(6,7)26-19/h8-11,14,23H,1-7H3/t14?,27-/m0/s1. The molecule has 27 heavy (non-hydrogen) atoms. The predicted molar refractivity (Wildman–Crippen MR) is 102 cm³/mol. The minimum atomic E-state index is -4.58. The molecule has 1 aliphatic heterocycles. The topological polar surface area (TPSA) is 53.5 Å². The van der Waals surface area contributed by atoms with Gasteiger partial charge in [-0.05, 0) is 59.5 Å². The molecule has 0 aromatic heterocycles. The van der Waals surface area contributed by atoms with Gasteiger partial charge in [-0.15, -0.1) is 4.72 Å². The monoisotopic (exact) mass is 405 g/mol. The zero-order valence-electron chi connectivity index (χ0n) is 16.7. The first-order chi connectivity index (χ1) is 12.0. The van der Waals surface area contributed by atoms with Gasteiger partial charge in [0.15, 0.2) is 6.04 Å². The molecule has 1 N–H and O–H groups in total. The summed E-state index contributed by atoms with van der Waals surface area (Å²) < 4.78 is 65.9. The summed E-state index contributed by atoms with van der Waals surface area (Å²) in [5.41, 5.74) is -0.443. The molecule has 0 spiro atoms. The number of rotatable bonds is 4. The number of hydrogen-bond donors (Lipinski definition) is 1. The Morgan fingerprint density at radius 3 is 1.81 bits per heavy atom. The molecule has 2 rings (SSSR count). The number of alkyl halides is 3. The van der Waals surface area contributed by atoms with Crippen LogP contribution in [0.5, 0.6) is 0 Å². The highest BCUT2D eigenvalue weighted by molar-refractivity contribution is 7.90. The van der Waals surface area contributed by atoms with E-state index in [-0.39, 0.29) is 5.56 Å². The lowest BCUT2D eigenvalue weighted by molar-refractivity contribution is -0.153. The normalized spacial score (nSPS) is 22.0. The predicted octanol–water partition coefficient (Wildman–Crippen LogP) is 3.64. The van der Waals surface area contributed by atoms with Crippen LogP contribution in [0, 0.1) is 0 Å². The van der Waals surface area contributed by atoms with Gasteiger partial charge in [0.25, 0.3) is 0 Å². The molecule has 9 heteroatoms. The molecular formula is C18H27BF3NO3S. The summed E-state index contributed by atoms with van der Waals surface area (Å²) in [6.07, 6.45) is -4.58. The van der Waals surface area contributed by atoms with E-state index < -0.39 is 46.6 Å². The molecule has 1 unspecified atom stereocenters. The second-order valence-electron chi connectivity index (χ2n) is 8.73. The smallest absolute Gasteiger partial charge is 0.494 e. The lowest BCUT2D eigenvalue weighted by atomic mass is 9.78. The van der Waals surface area contributed by atoms with Crippen molar-refractivity contribution >= 4 is 23.9 Å². The van der Waals surface area contributed by atoms with E-state index >= 15 is 0 Å². The fraction of sp³-hybridized carbons (Fsp3) is 0.667. The minimum absolute atomic E-state index is 0.0135. The highest BCUT2D eigenvalue weighted by atomic mass is 32.2. The van der Waals surface area contributed by atoms with E-state index in [0.29, 0.717) is 5.46 Å². The summed E-state index contributed by atoms with van der Waals surface area (Å²) in [6.45, 7) is 12.5. The summed E-state index contributed by atoms with van der Waals surface area (Å²) in [5.74, 6) is 0. The molecule has 4 nitrogen and oxygen atoms in total.